The second-order valence-electron chi connectivity index (χ2n) is 5.51. The first-order valence-corrected chi connectivity index (χ1v) is 7.51. The quantitative estimate of drug-likeness (QED) is 0.923. The van der Waals surface area contributed by atoms with Crippen molar-refractivity contribution in [3.8, 4) is 0 Å². The fourth-order valence-corrected chi connectivity index (χ4v) is 2.53. The molecule has 2 aromatic rings. The molecule has 1 fully saturated rings. The summed E-state index contributed by atoms with van der Waals surface area (Å²) in [5, 5.41) is 2.56. The van der Waals surface area contributed by atoms with Crippen LogP contribution in [0.3, 0.4) is 0 Å². The van der Waals surface area contributed by atoms with Gasteiger partial charge in [0, 0.05) is 30.5 Å². The summed E-state index contributed by atoms with van der Waals surface area (Å²) in [5.41, 5.74) is 0.640. The van der Waals surface area contributed by atoms with Gasteiger partial charge in [0.2, 0.25) is 5.91 Å². The van der Waals surface area contributed by atoms with Gasteiger partial charge in [0.25, 0.3) is 0 Å². The minimum atomic E-state index is -1.04. The molecular weight excluding hydrogens is 335 g/mol. The van der Waals surface area contributed by atoms with E-state index < -0.39 is 29.4 Å². The highest BCUT2D eigenvalue weighted by Gasteiger charge is 2.31. The number of carbonyl (C=O) groups excluding carboxylic acids is 2. The molecule has 1 aliphatic heterocycles. The van der Waals surface area contributed by atoms with Gasteiger partial charge in [-0.1, -0.05) is 0 Å². The van der Waals surface area contributed by atoms with Crippen LogP contribution in [0.4, 0.5) is 29.3 Å². The van der Waals surface area contributed by atoms with Crippen molar-refractivity contribution in [2.45, 2.75) is 0 Å². The van der Waals surface area contributed by atoms with Crippen LogP contribution in [0, 0.1) is 17.5 Å². The molecule has 0 aromatic heterocycles. The van der Waals surface area contributed by atoms with Crippen molar-refractivity contribution in [3.05, 3.63) is 59.9 Å². The maximum Gasteiger partial charge on any atom is 0.325 e. The molecule has 1 aliphatic rings. The van der Waals surface area contributed by atoms with E-state index in [-0.39, 0.29) is 25.3 Å². The number of halogens is 3. The highest BCUT2D eigenvalue weighted by atomic mass is 19.2. The molecule has 8 heteroatoms. The lowest BCUT2D eigenvalue weighted by molar-refractivity contribution is -0.116. The number of carbonyl (C=O) groups is 2. The number of nitrogens with one attached hydrogen (secondary N) is 1. The zero-order chi connectivity index (χ0) is 18.0. The molecular formula is C17H14F3N3O2. The molecule has 0 unspecified atom stereocenters. The average molecular weight is 349 g/mol. The van der Waals surface area contributed by atoms with E-state index >= 15 is 0 Å². The van der Waals surface area contributed by atoms with Gasteiger partial charge in [0.05, 0.1) is 0 Å². The van der Waals surface area contributed by atoms with Crippen molar-refractivity contribution in [2.24, 2.45) is 0 Å². The number of benzene rings is 2. The maximum absolute atomic E-state index is 13.3. The van der Waals surface area contributed by atoms with E-state index in [0.717, 1.165) is 12.1 Å². The number of anilines is 2. The predicted molar refractivity (Wildman–Crippen MR) is 85.7 cm³/mol. The molecule has 0 atom stereocenters. The van der Waals surface area contributed by atoms with Crippen molar-refractivity contribution < 1.29 is 22.8 Å². The van der Waals surface area contributed by atoms with Crippen molar-refractivity contribution in [1.82, 2.24) is 4.90 Å². The predicted octanol–water partition coefficient (Wildman–Crippen LogP) is 2.98. The zero-order valence-corrected chi connectivity index (χ0v) is 13.0. The summed E-state index contributed by atoms with van der Waals surface area (Å²) < 4.78 is 39.2. The van der Waals surface area contributed by atoms with Gasteiger partial charge in [-0.15, -0.1) is 0 Å². The summed E-state index contributed by atoms with van der Waals surface area (Å²) in [6.45, 7) is 0.332. The molecule has 0 aliphatic carbocycles. The SMILES string of the molecule is O=C(CN1CCN(c2ccc(F)c(F)c2)C1=O)Nc1ccc(F)cc1. The Hall–Kier alpha value is -3.03. The van der Waals surface area contributed by atoms with Crippen LogP contribution in [-0.4, -0.2) is 36.5 Å². The van der Waals surface area contributed by atoms with Crippen molar-refractivity contribution in [2.75, 3.05) is 29.9 Å². The first kappa shape index (κ1) is 16.8. The molecule has 130 valence electrons. The number of hydrogen-bond donors (Lipinski definition) is 1. The molecule has 0 radical (unpaired) electrons. The van der Waals surface area contributed by atoms with E-state index in [1.807, 2.05) is 0 Å². The molecule has 25 heavy (non-hydrogen) atoms. The van der Waals surface area contributed by atoms with Gasteiger partial charge in [-0.25, -0.2) is 18.0 Å². The Balaban J connectivity index is 1.62. The second-order valence-corrected chi connectivity index (χ2v) is 5.51. The molecule has 1 heterocycles. The van der Waals surface area contributed by atoms with Crippen LogP contribution in [0.1, 0.15) is 0 Å². The Morgan fingerprint density at radius 1 is 1.00 bits per heavy atom. The fourth-order valence-electron chi connectivity index (χ4n) is 2.53. The lowest BCUT2D eigenvalue weighted by Gasteiger charge is -2.18. The highest BCUT2D eigenvalue weighted by Crippen LogP contribution is 2.22. The minimum Gasteiger partial charge on any atom is -0.325 e. The lowest BCUT2D eigenvalue weighted by atomic mass is 10.3. The molecule has 2 aromatic carbocycles. The molecule has 1 saturated heterocycles. The summed E-state index contributed by atoms with van der Waals surface area (Å²) in [5.74, 6) is -2.90. The van der Waals surface area contributed by atoms with Crippen molar-refractivity contribution in [3.63, 3.8) is 0 Å². The van der Waals surface area contributed by atoms with Gasteiger partial charge in [0.15, 0.2) is 11.6 Å². The summed E-state index contributed by atoms with van der Waals surface area (Å²) in [7, 11) is 0. The standard InChI is InChI=1S/C17H14F3N3O2/c18-11-1-3-12(4-2-11)21-16(24)10-22-7-8-23(17(22)25)13-5-6-14(19)15(20)9-13/h1-6,9H,7-8,10H2,(H,21,24). The van der Waals surface area contributed by atoms with Gasteiger partial charge in [-0.05, 0) is 36.4 Å². The zero-order valence-electron chi connectivity index (χ0n) is 13.0. The minimum absolute atomic E-state index is 0.198. The third-order valence-corrected chi connectivity index (χ3v) is 3.77. The first-order chi connectivity index (χ1) is 11.9. The monoisotopic (exact) mass is 349 g/mol. The van der Waals surface area contributed by atoms with Gasteiger partial charge >= 0.3 is 6.03 Å². The Bertz CT molecular complexity index is 811. The van der Waals surface area contributed by atoms with Gasteiger partial charge in [-0.2, -0.15) is 0 Å². The first-order valence-electron chi connectivity index (χ1n) is 7.51. The number of nitrogens with zero attached hydrogens (tertiary/aromatic N) is 2. The van der Waals surface area contributed by atoms with Crippen LogP contribution in [0.15, 0.2) is 42.5 Å². The summed E-state index contributed by atoms with van der Waals surface area (Å²) in [6.07, 6.45) is 0. The summed E-state index contributed by atoms with van der Waals surface area (Å²) in [4.78, 5) is 26.9. The van der Waals surface area contributed by atoms with E-state index in [2.05, 4.69) is 5.32 Å². The van der Waals surface area contributed by atoms with Crippen LogP contribution >= 0.6 is 0 Å². The third kappa shape index (κ3) is 3.73. The Morgan fingerprint density at radius 2 is 1.72 bits per heavy atom. The van der Waals surface area contributed by atoms with Crippen LogP contribution in [0.2, 0.25) is 0 Å². The second kappa shape index (κ2) is 6.84. The molecule has 0 saturated carbocycles. The number of hydrogen-bond acceptors (Lipinski definition) is 2. The summed E-state index contributed by atoms with van der Waals surface area (Å²) >= 11 is 0. The van der Waals surface area contributed by atoms with Crippen LogP contribution in [-0.2, 0) is 4.79 Å². The maximum atomic E-state index is 13.3. The molecule has 1 N–H and O–H groups in total. The third-order valence-electron chi connectivity index (χ3n) is 3.77. The van der Waals surface area contributed by atoms with Crippen molar-refractivity contribution in [1.29, 1.82) is 0 Å². The van der Waals surface area contributed by atoms with E-state index in [4.69, 9.17) is 0 Å². The Labute approximate surface area is 141 Å². The van der Waals surface area contributed by atoms with Crippen molar-refractivity contribution >= 4 is 23.3 Å². The van der Waals surface area contributed by atoms with E-state index in [0.29, 0.717) is 5.69 Å². The average Bonchev–Trinajstić information content (AvgIpc) is 2.93. The highest BCUT2D eigenvalue weighted by molar-refractivity contribution is 5.99. The Morgan fingerprint density at radius 3 is 2.40 bits per heavy atom. The van der Waals surface area contributed by atoms with Crippen LogP contribution in [0.5, 0.6) is 0 Å². The van der Waals surface area contributed by atoms with Gasteiger partial charge in [0.1, 0.15) is 12.4 Å². The van der Waals surface area contributed by atoms with E-state index in [9.17, 15) is 22.8 Å². The molecule has 0 bridgehead atoms. The number of urea groups is 1. The Kier molecular flexibility index (Phi) is 4.60. The normalized spacial score (nSPS) is 14.1. The van der Waals surface area contributed by atoms with Gasteiger partial charge in [-0.3, -0.25) is 9.69 Å². The largest absolute Gasteiger partial charge is 0.325 e. The smallest absolute Gasteiger partial charge is 0.325 e. The number of amides is 3. The summed E-state index contributed by atoms with van der Waals surface area (Å²) in [6, 6.07) is 7.96. The van der Waals surface area contributed by atoms with E-state index in [1.165, 1.54) is 40.1 Å². The van der Waals surface area contributed by atoms with E-state index in [1.54, 1.807) is 0 Å². The van der Waals surface area contributed by atoms with Gasteiger partial charge < -0.3 is 10.2 Å². The molecule has 0 spiro atoms. The number of rotatable bonds is 4. The van der Waals surface area contributed by atoms with Crippen LogP contribution in [0.25, 0.3) is 0 Å². The molecule has 3 rings (SSSR count). The fraction of sp³-hybridized carbons (Fsp3) is 0.176. The molecule has 3 amide bonds. The topological polar surface area (TPSA) is 52.7 Å². The molecule has 5 nitrogen and oxygen atoms in total. The lowest BCUT2D eigenvalue weighted by Crippen LogP contribution is -2.37. The van der Waals surface area contributed by atoms with Crippen LogP contribution < -0.4 is 10.2 Å².